The minimum Gasteiger partial charge on any atom is -0.0952 e. The third-order valence-electron chi connectivity index (χ3n) is 8.69. The van der Waals surface area contributed by atoms with Crippen LogP contribution in [-0.4, -0.2) is 0 Å². The van der Waals surface area contributed by atoms with Gasteiger partial charge in [-0.25, -0.2) is 0 Å². The van der Waals surface area contributed by atoms with Crippen molar-refractivity contribution in [1.82, 2.24) is 0 Å². The molecule has 4 aromatic rings. The quantitative estimate of drug-likeness (QED) is 0.237. The van der Waals surface area contributed by atoms with Gasteiger partial charge < -0.3 is 0 Å². The van der Waals surface area contributed by atoms with Crippen LogP contribution in [-0.2, 0) is 6.42 Å². The third-order valence-corrected chi connectivity index (χ3v) is 8.69. The Labute approximate surface area is 233 Å². The van der Waals surface area contributed by atoms with E-state index in [0.717, 1.165) is 6.42 Å². The fourth-order valence-corrected chi connectivity index (χ4v) is 6.53. The van der Waals surface area contributed by atoms with Crippen molar-refractivity contribution < 1.29 is 0 Å². The molecule has 0 fully saturated rings. The molecule has 4 aromatic carbocycles. The molecule has 2 aliphatic rings. The first-order valence-electron chi connectivity index (χ1n) is 14.2. The lowest BCUT2D eigenvalue weighted by molar-refractivity contribution is 0.551. The zero-order chi connectivity index (χ0) is 26.9. The van der Waals surface area contributed by atoms with Gasteiger partial charge in [-0.3, -0.25) is 0 Å². The van der Waals surface area contributed by atoms with E-state index in [1.807, 2.05) is 0 Å². The number of fused-ring (bicyclic) bond motifs is 4. The largest absolute Gasteiger partial charge is 0.0952 e. The smallest absolute Gasteiger partial charge is 0.00838 e. The van der Waals surface area contributed by atoms with Crippen molar-refractivity contribution in [3.8, 4) is 11.1 Å². The van der Waals surface area contributed by atoms with E-state index in [4.69, 9.17) is 6.58 Å². The van der Waals surface area contributed by atoms with E-state index in [1.54, 1.807) is 0 Å². The number of rotatable bonds is 5. The topological polar surface area (TPSA) is 0 Å². The van der Waals surface area contributed by atoms with Gasteiger partial charge in [0.15, 0.2) is 0 Å². The van der Waals surface area contributed by atoms with Crippen LogP contribution in [0.15, 0.2) is 139 Å². The normalized spacial score (nSPS) is 20.5. The SMILES string of the molecule is C=C(C1=Cc2c(cc(-c3ccc4ccccc4c3)c3ccccc23)CC1/C=C\C)[C@H](C)C1C=CC=C/C1=C/C. The Bertz CT molecular complexity index is 1730. The van der Waals surface area contributed by atoms with Crippen molar-refractivity contribution in [2.24, 2.45) is 17.8 Å². The van der Waals surface area contributed by atoms with Crippen LogP contribution in [0.25, 0.3) is 38.7 Å². The summed E-state index contributed by atoms with van der Waals surface area (Å²) in [5.41, 5.74) is 9.35. The van der Waals surface area contributed by atoms with E-state index < -0.39 is 0 Å². The van der Waals surface area contributed by atoms with Gasteiger partial charge in [0, 0.05) is 11.8 Å². The Balaban J connectivity index is 1.49. The van der Waals surface area contributed by atoms with Crippen LogP contribution in [0.3, 0.4) is 0 Å². The second-order valence-electron chi connectivity index (χ2n) is 10.9. The van der Waals surface area contributed by atoms with E-state index >= 15 is 0 Å². The molecular formula is C39H36. The zero-order valence-electron chi connectivity index (χ0n) is 23.2. The van der Waals surface area contributed by atoms with Crippen molar-refractivity contribution in [3.05, 3.63) is 150 Å². The molecule has 39 heavy (non-hydrogen) atoms. The van der Waals surface area contributed by atoms with Gasteiger partial charge in [0.2, 0.25) is 0 Å². The zero-order valence-corrected chi connectivity index (χ0v) is 23.2. The molecule has 0 bridgehead atoms. The highest BCUT2D eigenvalue weighted by molar-refractivity contribution is 6.04. The van der Waals surface area contributed by atoms with Crippen LogP contribution in [0.4, 0.5) is 0 Å². The summed E-state index contributed by atoms with van der Waals surface area (Å²) in [6, 6.07) is 26.8. The van der Waals surface area contributed by atoms with Gasteiger partial charge in [-0.2, -0.15) is 0 Å². The molecule has 2 aliphatic carbocycles. The second-order valence-corrected chi connectivity index (χ2v) is 10.9. The molecule has 0 heteroatoms. The maximum atomic E-state index is 4.71. The lowest BCUT2D eigenvalue weighted by Gasteiger charge is -2.32. The summed E-state index contributed by atoms with van der Waals surface area (Å²) >= 11 is 0. The van der Waals surface area contributed by atoms with Crippen LogP contribution >= 0.6 is 0 Å². The molecule has 0 radical (unpaired) electrons. The van der Waals surface area contributed by atoms with Crippen molar-refractivity contribution in [3.63, 3.8) is 0 Å². The highest BCUT2D eigenvalue weighted by Crippen LogP contribution is 2.44. The molecule has 192 valence electrons. The Morgan fingerprint density at radius 1 is 0.897 bits per heavy atom. The van der Waals surface area contributed by atoms with Gasteiger partial charge in [-0.05, 0) is 105 Å². The van der Waals surface area contributed by atoms with E-state index in [9.17, 15) is 0 Å². The van der Waals surface area contributed by atoms with Crippen LogP contribution in [0, 0.1) is 17.8 Å². The average molecular weight is 505 g/mol. The standard InChI is InChI=1S/C39H36/c1-5-13-31-23-33-24-38(32-21-20-29-15-7-8-16-30(29)22-32)35-18-11-12-19-36(35)39(33)25-37(31)27(4)26(3)34-17-10-9-14-28(34)6-2/h5-22,24-26,31,34H,4,23H2,1-3H3/b13-5-,28-6-/t26-,31?,34?/m0/s1. The predicted molar refractivity (Wildman–Crippen MR) is 171 cm³/mol. The number of hydrogen-bond acceptors (Lipinski definition) is 0. The average Bonchev–Trinajstić information content (AvgIpc) is 2.99. The molecule has 2 unspecified atom stereocenters. The molecular weight excluding hydrogens is 468 g/mol. The monoisotopic (exact) mass is 504 g/mol. The molecule has 0 aliphatic heterocycles. The van der Waals surface area contributed by atoms with Crippen LogP contribution in [0.1, 0.15) is 31.9 Å². The lowest BCUT2D eigenvalue weighted by atomic mass is 9.72. The molecule has 0 heterocycles. The predicted octanol–water partition coefficient (Wildman–Crippen LogP) is 10.7. The molecule has 0 amide bonds. The van der Waals surface area contributed by atoms with E-state index in [2.05, 4.69) is 142 Å². The third kappa shape index (κ3) is 4.55. The number of allylic oxidation sites excluding steroid dienone is 10. The molecule has 0 spiro atoms. The molecule has 0 N–H and O–H groups in total. The number of hydrogen-bond donors (Lipinski definition) is 0. The minimum atomic E-state index is 0.320. The van der Waals surface area contributed by atoms with E-state index in [0.29, 0.717) is 17.8 Å². The Hall–Kier alpha value is -4.16. The summed E-state index contributed by atoms with van der Waals surface area (Å²) < 4.78 is 0. The van der Waals surface area contributed by atoms with Gasteiger partial charge in [0.1, 0.15) is 0 Å². The van der Waals surface area contributed by atoms with Crippen LogP contribution in [0.5, 0.6) is 0 Å². The highest BCUT2D eigenvalue weighted by atomic mass is 14.3. The molecule has 0 saturated carbocycles. The number of benzene rings is 4. The molecule has 0 saturated heterocycles. The van der Waals surface area contributed by atoms with Crippen LogP contribution in [0.2, 0.25) is 0 Å². The fourth-order valence-electron chi connectivity index (χ4n) is 6.53. The van der Waals surface area contributed by atoms with E-state index in [-0.39, 0.29) is 0 Å². The Morgan fingerprint density at radius 2 is 1.67 bits per heavy atom. The molecule has 0 nitrogen and oxygen atoms in total. The van der Waals surface area contributed by atoms with Crippen molar-refractivity contribution in [2.45, 2.75) is 27.2 Å². The van der Waals surface area contributed by atoms with E-state index in [1.165, 1.54) is 60.5 Å². The maximum Gasteiger partial charge on any atom is 0.00838 e. The maximum absolute atomic E-state index is 4.71. The van der Waals surface area contributed by atoms with Crippen LogP contribution < -0.4 is 0 Å². The summed E-state index contributed by atoms with van der Waals surface area (Å²) in [5, 5.41) is 5.19. The summed E-state index contributed by atoms with van der Waals surface area (Å²) in [5.74, 6) is 0.995. The highest BCUT2D eigenvalue weighted by Gasteiger charge is 2.29. The molecule has 6 rings (SSSR count). The van der Waals surface area contributed by atoms with Gasteiger partial charge in [0.25, 0.3) is 0 Å². The summed E-state index contributed by atoms with van der Waals surface area (Å²) in [6.45, 7) is 11.3. The Morgan fingerprint density at radius 3 is 2.46 bits per heavy atom. The molecule has 0 aromatic heterocycles. The minimum absolute atomic E-state index is 0.320. The van der Waals surface area contributed by atoms with Crippen molar-refractivity contribution in [2.75, 3.05) is 0 Å². The summed E-state index contributed by atoms with van der Waals surface area (Å²) in [4.78, 5) is 0. The van der Waals surface area contributed by atoms with Gasteiger partial charge in [-0.1, -0.05) is 117 Å². The van der Waals surface area contributed by atoms with Crippen molar-refractivity contribution in [1.29, 1.82) is 0 Å². The summed E-state index contributed by atoms with van der Waals surface area (Å²) in [7, 11) is 0. The van der Waals surface area contributed by atoms with Crippen molar-refractivity contribution >= 4 is 27.6 Å². The second kappa shape index (κ2) is 10.5. The first-order valence-corrected chi connectivity index (χ1v) is 14.2. The first-order chi connectivity index (χ1) is 19.1. The first kappa shape index (κ1) is 25.1. The van der Waals surface area contributed by atoms with Gasteiger partial charge >= 0.3 is 0 Å². The Kier molecular flexibility index (Phi) is 6.79. The van der Waals surface area contributed by atoms with Gasteiger partial charge in [-0.15, -0.1) is 0 Å². The lowest BCUT2D eigenvalue weighted by Crippen LogP contribution is -2.20. The molecule has 3 atom stereocenters. The van der Waals surface area contributed by atoms with Gasteiger partial charge in [0.05, 0.1) is 0 Å². The fraction of sp³-hybridized carbons (Fsp3) is 0.179. The summed E-state index contributed by atoms with van der Waals surface area (Å²) in [6.07, 6.45) is 19.1.